The summed E-state index contributed by atoms with van der Waals surface area (Å²) in [6.45, 7) is 9.98. The fraction of sp³-hybridized carbons (Fsp3) is 0.368. The Morgan fingerprint density at radius 1 is 1.17 bits per heavy atom. The van der Waals surface area contributed by atoms with Crippen LogP contribution in [-0.4, -0.2) is 15.9 Å². The van der Waals surface area contributed by atoms with Crippen molar-refractivity contribution in [1.82, 2.24) is 9.97 Å². The van der Waals surface area contributed by atoms with Gasteiger partial charge < -0.3 is 5.32 Å². The van der Waals surface area contributed by atoms with Gasteiger partial charge in [-0.3, -0.25) is 9.78 Å². The van der Waals surface area contributed by atoms with E-state index in [0.29, 0.717) is 17.8 Å². The number of hydrogen-bond acceptors (Lipinski definition) is 4. The van der Waals surface area contributed by atoms with Crippen LogP contribution in [0.15, 0.2) is 24.5 Å². The smallest absolute Gasteiger partial charge is 0.224 e. The summed E-state index contributed by atoms with van der Waals surface area (Å²) in [4.78, 5) is 20.5. The zero-order valence-electron chi connectivity index (χ0n) is 14.8. The van der Waals surface area contributed by atoms with E-state index in [9.17, 15) is 10.1 Å². The fourth-order valence-corrected chi connectivity index (χ4v) is 2.59. The van der Waals surface area contributed by atoms with Crippen LogP contribution in [0.4, 0.5) is 5.69 Å². The minimum absolute atomic E-state index is 0.00123. The minimum atomic E-state index is -0.0623. The topological polar surface area (TPSA) is 78.7 Å². The summed E-state index contributed by atoms with van der Waals surface area (Å²) in [6.07, 6.45) is 3.53. The van der Waals surface area contributed by atoms with Crippen LogP contribution in [0, 0.1) is 30.6 Å². The number of benzene rings is 1. The Balaban J connectivity index is 2.36. The summed E-state index contributed by atoms with van der Waals surface area (Å²) in [5, 5.41) is 12.2. The Hall–Kier alpha value is -2.74. The van der Waals surface area contributed by atoms with Crippen molar-refractivity contribution in [3.63, 3.8) is 0 Å². The lowest BCUT2D eigenvalue weighted by atomic mass is 9.91. The maximum Gasteiger partial charge on any atom is 0.224 e. The highest BCUT2D eigenvalue weighted by molar-refractivity contribution is 5.93. The van der Waals surface area contributed by atoms with E-state index in [1.807, 2.05) is 46.8 Å². The molecule has 5 nitrogen and oxygen atoms in total. The molecule has 1 N–H and O–H groups in total. The number of hydrogen-bond donors (Lipinski definition) is 1. The highest BCUT2D eigenvalue weighted by Crippen LogP contribution is 2.29. The number of rotatable bonds is 3. The largest absolute Gasteiger partial charge is 0.326 e. The molecule has 0 atom stereocenters. The third kappa shape index (κ3) is 4.17. The van der Waals surface area contributed by atoms with Crippen molar-refractivity contribution >= 4 is 11.6 Å². The van der Waals surface area contributed by atoms with E-state index in [0.717, 1.165) is 22.4 Å². The van der Waals surface area contributed by atoms with E-state index in [1.165, 1.54) is 6.20 Å². The summed E-state index contributed by atoms with van der Waals surface area (Å²) in [6, 6.07) is 5.90. The maximum atomic E-state index is 12.2. The first-order valence-electron chi connectivity index (χ1n) is 7.84. The molecule has 0 bridgehead atoms. The third-order valence-electron chi connectivity index (χ3n) is 3.57. The Morgan fingerprint density at radius 3 is 2.29 bits per heavy atom. The lowest BCUT2D eigenvalue weighted by Crippen LogP contribution is -2.20. The average molecular weight is 322 g/mol. The highest BCUT2D eigenvalue weighted by atomic mass is 16.1. The van der Waals surface area contributed by atoms with E-state index in [4.69, 9.17) is 0 Å². The van der Waals surface area contributed by atoms with Crippen LogP contribution < -0.4 is 5.32 Å². The summed E-state index contributed by atoms with van der Waals surface area (Å²) in [5.41, 5.74) is 4.29. The van der Waals surface area contributed by atoms with Crippen molar-refractivity contribution in [2.24, 2.45) is 5.41 Å². The Kier molecular flexibility index (Phi) is 4.99. The lowest BCUT2D eigenvalue weighted by molar-refractivity contribution is -0.117. The summed E-state index contributed by atoms with van der Waals surface area (Å²) < 4.78 is 0. The van der Waals surface area contributed by atoms with Gasteiger partial charge in [-0.05, 0) is 42.5 Å². The van der Waals surface area contributed by atoms with Crippen LogP contribution >= 0.6 is 0 Å². The first kappa shape index (κ1) is 17.6. The Labute approximate surface area is 142 Å². The Morgan fingerprint density at radius 2 is 1.75 bits per heavy atom. The number of carbonyl (C=O) groups excluding carboxylic acids is 1. The van der Waals surface area contributed by atoms with Gasteiger partial charge >= 0.3 is 0 Å². The van der Waals surface area contributed by atoms with Gasteiger partial charge in [-0.15, -0.1) is 0 Å². The molecule has 0 aliphatic rings. The molecule has 124 valence electrons. The first-order valence-corrected chi connectivity index (χ1v) is 7.84. The van der Waals surface area contributed by atoms with Crippen LogP contribution in [0.25, 0.3) is 11.3 Å². The lowest BCUT2D eigenvalue weighted by Gasteiger charge is -2.19. The van der Waals surface area contributed by atoms with Crippen molar-refractivity contribution < 1.29 is 4.79 Å². The zero-order chi connectivity index (χ0) is 17.9. The van der Waals surface area contributed by atoms with Crippen molar-refractivity contribution in [2.75, 3.05) is 5.32 Å². The van der Waals surface area contributed by atoms with Crippen molar-refractivity contribution in [3.8, 4) is 17.3 Å². The van der Waals surface area contributed by atoms with Gasteiger partial charge in [0, 0.05) is 30.1 Å². The third-order valence-corrected chi connectivity index (χ3v) is 3.57. The number of aryl methyl sites for hydroxylation is 2. The van der Waals surface area contributed by atoms with E-state index in [1.54, 1.807) is 6.20 Å². The van der Waals surface area contributed by atoms with Gasteiger partial charge in [0.15, 0.2) is 5.69 Å². The molecule has 1 aromatic heterocycles. The molecule has 0 fully saturated rings. The standard InChI is InChI=1S/C19H22N4O/c1-12-8-14(18-15(11-20)21-6-7-22-18)9-13(2)17(12)23-16(24)10-19(3,4)5/h6-9H,10H2,1-5H3,(H,23,24). The number of nitrogens with one attached hydrogen (secondary N) is 1. The van der Waals surface area contributed by atoms with E-state index in [-0.39, 0.29) is 11.3 Å². The van der Waals surface area contributed by atoms with Crippen LogP contribution in [0.5, 0.6) is 0 Å². The zero-order valence-corrected chi connectivity index (χ0v) is 14.8. The predicted octanol–water partition coefficient (Wildman–Crippen LogP) is 4.01. The molecule has 0 saturated carbocycles. The molecule has 0 saturated heterocycles. The predicted molar refractivity (Wildman–Crippen MR) is 94.4 cm³/mol. The molecule has 0 aliphatic heterocycles. The SMILES string of the molecule is Cc1cc(-c2nccnc2C#N)cc(C)c1NC(=O)CC(C)(C)C. The normalized spacial score (nSPS) is 11.0. The summed E-state index contributed by atoms with van der Waals surface area (Å²) in [7, 11) is 0. The van der Waals surface area contributed by atoms with E-state index < -0.39 is 0 Å². The number of nitrogens with zero attached hydrogens (tertiary/aromatic N) is 3. The molecule has 0 radical (unpaired) electrons. The van der Waals surface area contributed by atoms with Crippen LogP contribution in [0.3, 0.4) is 0 Å². The molecule has 0 unspecified atom stereocenters. The molecule has 2 rings (SSSR count). The van der Waals surface area contributed by atoms with Crippen molar-refractivity contribution in [2.45, 2.75) is 41.0 Å². The molecule has 24 heavy (non-hydrogen) atoms. The summed E-state index contributed by atoms with van der Waals surface area (Å²) >= 11 is 0. The number of carbonyl (C=O) groups is 1. The molecular formula is C19H22N4O. The number of amides is 1. The molecule has 0 aliphatic carbocycles. The van der Waals surface area contributed by atoms with Gasteiger partial charge in [0.25, 0.3) is 0 Å². The quantitative estimate of drug-likeness (QED) is 0.926. The second-order valence-corrected chi connectivity index (χ2v) is 7.14. The highest BCUT2D eigenvalue weighted by Gasteiger charge is 2.18. The number of aromatic nitrogens is 2. The Bertz CT molecular complexity index is 790. The van der Waals surface area contributed by atoms with E-state index in [2.05, 4.69) is 21.4 Å². The fourth-order valence-electron chi connectivity index (χ4n) is 2.59. The average Bonchev–Trinajstić information content (AvgIpc) is 2.49. The van der Waals surface area contributed by atoms with Gasteiger partial charge in [0.2, 0.25) is 5.91 Å². The number of anilines is 1. The van der Waals surface area contributed by atoms with Crippen LogP contribution in [0.1, 0.15) is 44.0 Å². The molecule has 1 amide bonds. The molecule has 0 spiro atoms. The molecule has 5 heteroatoms. The van der Waals surface area contributed by atoms with Crippen LogP contribution in [-0.2, 0) is 4.79 Å². The van der Waals surface area contributed by atoms with Crippen molar-refractivity contribution in [1.29, 1.82) is 5.26 Å². The van der Waals surface area contributed by atoms with Crippen LogP contribution in [0.2, 0.25) is 0 Å². The molecular weight excluding hydrogens is 300 g/mol. The maximum absolute atomic E-state index is 12.2. The number of nitriles is 1. The van der Waals surface area contributed by atoms with Crippen molar-refractivity contribution in [3.05, 3.63) is 41.3 Å². The monoisotopic (exact) mass is 322 g/mol. The molecule has 2 aromatic rings. The molecule has 1 aromatic carbocycles. The van der Waals surface area contributed by atoms with Gasteiger partial charge in [-0.1, -0.05) is 20.8 Å². The first-order chi connectivity index (χ1) is 11.2. The second-order valence-electron chi connectivity index (χ2n) is 7.14. The second kappa shape index (κ2) is 6.79. The van der Waals surface area contributed by atoms with Gasteiger partial charge in [0.05, 0.1) is 0 Å². The van der Waals surface area contributed by atoms with Gasteiger partial charge in [0.1, 0.15) is 11.8 Å². The summed E-state index contributed by atoms with van der Waals surface area (Å²) in [5.74, 6) is -0.00123. The van der Waals surface area contributed by atoms with Gasteiger partial charge in [-0.2, -0.15) is 5.26 Å². The molecule has 1 heterocycles. The minimum Gasteiger partial charge on any atom is -0.326 e. The van der Waals surface area contributed by atoms with Gasteiger partial charge in [-0.25, -0.2) is 4.98 Å². The van der Waals surface area contributed by atoms with E-state index >= 15 is 0 Å².